The number of nitrogens with two attached hydrogens (primary N) is 1. The molecule has 1 aromatic rings. The van der Waals surface area contributed by atoms with Gasteiger partial charge in [0.1, 0.15) is 0 Å². The van der Waals surface area contributed by atoms with Crippen molar-refractivity contribution in [3.8, 4) is 0 Å². The van der Waals surface area contributed by atoms with Crippen LogP contribution in [-0.4, -0.2) is 11.0 Å². The van der Waals surface area contributed by atoms with E-state index < -0.39 is 0 Å². The molecule has 0 aliphatic carbocycles. The van der Waals surface area contributed by atoms with E-state index in [1.807, 2.05) is 12.1 Å². The van der Waals surface area contributed by atoms with Gasteiger partial charge < -0.3 is 5.73 Å². The van der Waals surface area contributed by atoms with Crippen LogP contribution in [0.3, 0.4) is 0 Å². The van der Waals surface area contributed by atoms with E-state index in [1.54, 1.807) is 12.1 Å². The fraction of sp³-hybridized carbons (Fsp3) is 0.600. The quantitative estimate of drug-likeness (QED) is 0.575. The van der Waals surface area contributed by atoms with Crippen molar-refractivity contribution >= 4 is 5.69 Å². The van der Waals surface area contributed by atoms with Gasteiger partial charge in [-0.1, -0.05) is 45.2 Å². The maximum atomic E-state index is 10.6. The molecule has 0 saturated heterocycles. The average Bonchev–Trinajstić information content (AvgIpc) is 2.40. The fourth-order valence-electron chi connectivity index (χ4n) is 2.38. The predicted molar refractivity (Wildman–Crippen MR) is 78.1 cm³/mol. The van der Waals surface area contributed by atoms with Gasteiger partial charge in [-0.2, -0.15) is 0 Å². The summed E-state index contributed by atoms with van der Waals surface area (Å²) in [6.07, 6.45) is 5.46. The zero-order chi connectivity index (χ0) is 14.3. The third kappa shape index (κ3) is 4.99. The summed E-state index contributed by atoms with van der Waals surface area (Å²) in [5.41, 5.74) is 7.48. The molecule has 2 atom stereocenters. The number of unbranched alkanes of at least 4 members (excludes halogenated alkanes) is 1. The Morgan fingerprint density at radius 2 is 1.89 bits per heavy atom. The molecular formula is C15H24N2O2. The van der Waals surface area contributed by atoms with E-state index in [0.717, 1.165) is 18.4 Å². The summed E-state index contributed by atoms with van der Waals surface area (Å²) < 4.78 is 0. The van der Waals surface area contributed by atoms with E-state index in [-0.39, 0.29) is 16.7 Å². The molecule has 0 aliphatic rings. The molecule has 0 amide bonds. The highest BCUT2D eigenvalue weighted by atomic mass is 16.6. The lowest BCUT2D eigenvalue weighted by Gasteiger charge is -2.22. The van der Waals surface area contributed by atoms with Gasteiger partial charge in [0, 0.05) is 18.2 Å². The van der Waals surface area contributed by atoms with Gasteiger partial charge in [-0.3, -0.25) is 10.1 Å². The van der Waals surface area contributed by atoms with Gasteiger partial charge >= 0.3 is 0 Å². The van der Waals surface area contributed by atoms with E-state index in [2.05, 4.69) is 13.8 Å². The molecule has 0 fully saturated rings. The Balaban J connectivity index is 2.59. The van der Waals surface area contributed by atoms with Crippen LogP contribution in [0.15, 0.2) is 24.3 Å². The van der Waals surface area contributed by atoms with Crippen LogP contribution in [0.5, 0.6) is 0 Å². The molecule has 2 unspecified atom stereocenters. The Labute approximate surface area is 115 Å². The lowest BCUT2D eigenvalue weighted by Crippen LogP contribution is -2.32. The number of nitro groups is 1. The molecule has 106 valence electrons. The molecule has 0 radical (unpaired) electrons. The van der Waals surface area contributed by atoms with Crippen molar-refractivity contribution in [2.45, 2.75) is 52.0 Å². The number of nitrogens with zero attached hydrogens (tertiary/aromatic N) is 1. The second-order valence-electron chi connectivity index (χ2n) is 5.10. The molecule has 0 aromatic heterocycles. The summed E-state index contributed by atoms with van der Waals surface area (Å²) in [6, 6.07) is 6.86. The highest BCUT2D eigenvalue weighted by Crippen LogP contribution is 2.20. The molecule has 0 heterocycles. The SMILES string of the molecule is CCCCC(CC)C(N)Cc1ccc([N+](=O)[O-])cc1. The molecule has 19 heavy (non-hydrogen) atoms. The first-order valence-corrected chi connectivity index (χ1v) is 7.07. The highest BCUT2D eigenvalue weighted by molar-refractivity contribution is 5.33. The first kappa shape index (κ1) is 15.6. The summed E-state index contributed by atoms with van der Waals surface area (Å²) in [6.45, 7) is 4.37. The minimum absolute atomic E-state index is 0.135. The third-order valence-electron chi connectivity index (χ3n) is 3.68. The number of rotatable bonds is 8. The maximum Gasteiger partial charge on any atom is 0.269 e. The number of non-ortho nitro benzene ring substituents is 1. The molecule has 1 aromatic carbocycles. The van der Waals surface area contributed by atoms with Gasteiger partial charge in [-0.05, 0) is 24.3 Å². The smallest absolute Gasteiger partial charge is 0.269 e. The van der Waals surface area contributed by atoms with Gasteiger partial charge in [-0.25, -0.2) is 0 Å². The molecule has 0 saturated carbocycles. The van der Waals surface area contributed by atoms with Crippen LogP contribution in [0.1, 0.15) is 45.1 Å². The topological polar surface area (TPSA) is 69.2 Å². The molecule has 0 aliphatic heterocycles. The zero-order valence-corrected chi connectivity index (χ0v) is 11.8. The standard InChI is InChI=1S/C15H24N2O2/c1-3-5-6-13(4-2)15(16)11-12-7-9-14(10-8-12)17(18)19/h7-10,13,15H,3-6,11,16H2,1-2H3. The minimum atomic E-state index is -0.375. The van der Waals surface area contributed by atoms with Crippen molar-refractivity contribution in [3.63, 3.8) is 0 Å². The number of nitro benzene ring substituents is 1. The Morgan fingerprint density at radius 1 is 1.26 bits per heavy atom. The Kier molecular flexibility index (Phi) is 6.50. The second kappa shape index (κ2) is 7.89. The van der Waals surface area contributed by atoms with Crippen LogP contribution in [0.2, 0.25) is 0 Å². The van der Waals surface area contributed by atoms with Crippen LogP contribution < -0.4 is 5.73 Å². The number of hydrogen-bond acceptors (Lipinski definition) is 3. The van der Waals surface area contributed by atoms with E-state index in [4.69, 9.17) is 5.73 Å². The Morgan fingerprint density at radius 3 is 2.37 bits per heavy atom. The van der Waals surface area contributed by atoms with Gasteiger partial charge in [0.2, 0.25) is 0 Å². The second-order valence-corrected chi connectivity index (χ2v) is 5.10. The minimum Gasteiger partial charge on any atom is -0.327 e. The normalized spacial score (nSPS) is 14.1. The highest BCUT2D eigenvalue weighted by Gasteiger charge is 2.16. The van der Waals surface area contributed by atoms with E-state index in [1.165, 1.54) is 19.3 Å². The summed E-state index contributed by atoms with van der Waals surface area (Å²) in [5.74, 6) is 0.537. The summed E-state index contributed by atoms with van der Waals surface area (Å²) in [7, 11) is 0. The summed E-state index contributed by atoms with van der Waals surface area (Å²) >= 11 is 0. The number of hydrogen-bond donors (Lipinski definition) is 1. The fourth-order valence-corrected chi connectivity index (χ4v) is 2.38. The molecular weight excluding hydrogens is 240 g/mol. The van der Waals surface area contributed by atoms with Gasteiger partial charge in [0.25, 0.3) is 5.69 Å². The lowest BCUT2D eigenvalue weighted by molar-refractivity contribution is -0.384. The molecule has 0 spiro atoms. The lowest BCUT2D eigenvalue weighted by atomic mass is 9.88. The van der Waals surface area contributed by atoms with Crippen LogP contribution in [0, 0.1) is 16.0 Å². The molecule has 1 rings (SSSR count). The first-order valence-electron chi connectivity index (χ1n) is 7.07. The maximum absolute atomic E-state index is 10.6. The van der Waals surface area contributed by atoms with Crippen LogP contribution in [0.25, 0.3) is 0 Å². The van der Waals surface area contributed by atoms with Crippen molar-refractivity contribution < 1.29 is 4.92 Å². The van der Waals surface area contributed by atoms with E-state index in [0.29, 0.717) is 5.92 Å². The van der Waals surface area contributed by atoms with Crippen molar-refractivity contribution in [2.75, 3.05) is 0 Å². The molecule has 0 bridgehead atoms. The van der Waals surface area contributed by atoms with Crippen LogP contribution >= 0.6 is 0 Å². The average molecular weight is 264 g/mol. The third-order valence-corrected chi connectivity index (χ3v) is 3.68. The zero-order valence-electron chi connectivity index (χ0n) is 11.8. The largest absolute Gasteiger partial charge is 0.327 e. The van der Waals surface area contributed by atoms with Crippen molar-refractivity contribution in [1.29, 1.82) is 0 Å². The van der Waals surface area contributed by atoms with E-state index >= 15 is 0 Å². The van der Waals surface area contributed by atoms with Crippen molar-refractivity contribution in [2.24, 2.45) is 11.7 Å². The monoisotopic (exact) mass is 264 g/mol. The van der Waals surface area contributed by atoms with Crippen LogP contribution in [0.4, 0.5) is 5.69 Å². The summed E-state index contributed by atoms with van der Waals surface area (Å²) in [4.78, 5) is 10.2. The van der Waals surface area contributed by atoms with Crippen LogP contribution in [-0.2, 0) is 6.42 Å². The van der Waals surface area contributed by atoms with Gasteiger partial charge in [0.05, 0.1) is 4.92 Å². The summed E-state index contributed by atoms with van der Waals surface area (Å²) in [5, 5.41) is 10.6. The van der Waals surface area contributed by atoms with Crippen molar-refractivity contribution in [3.05, 3.63) is 39.9 Å². The van der Waals surface area contributed by atoms with Gasteiger partial charge in [0.15, 0.2) is 0 Å². The predicted octanol–water partition coefficient (Wildman–Crippen LogP) is 3.68. The van der Waals surface area contributed by atoms with E-state index in [9.17, 15) is 10.1 Å². The number of benzene rings is 1. The van der Waals surface area contributed by atoms with Gasteiger partial charge in [-0.15, -0.1) is 0 Å². The Bertz CT molecular complexity index is 390. The molecule has 2 N–H and O–H groups in total. The first-order chi connectivity index (χ1) is 9.08. The molecule has 4 heteroatoms. The molecule has 4 nitrogen and oxygen atoms in total. The Hall–Kier alpha value is -1.42. The van der Waals surface area contributed by atoms with Crippen molar-refractivity contribution in [1.82, 2.24) is 0 Å².